The van der Waals surface area contributed by atoms with E-state index in [1.54, 1.807) is 0 Å². The van der Waals surface area contributed by atoms with Gasteiger partial charge in [0.25, 0.3) is 0 Å². The molecule has 0 saturated carbocycles. The Labute approximate surface area is 143 Å². The number of anilines is 1. The highest BCUT2D eigenvalue weighted by atomic mass is 16.5. The monoisotopic (exact) mass is 318 g/mol. The topological polar surface area (TPSA) is 33.3 Å². The number of hydrogen-bond acceptors (Lipinski definition) is 3. The van der Waals surface area contributed by atoms with Gasteiger partial charge in [-0.15, -0.1) is 0 Å². The molecule has 0 spiro atoms. The summed E-state index contributed by atoms with van der Waals surface area (Å²) in [6, 6.07) is 28.6. The van der Waals surface area contributed by atoms with Gasteiger partial charge in [0, 0.05) is 18.7 Å². The van der Waals surface area contributed by atoms with Crippen LogP contribution in [0.3, 0.4) is 0 Å². The van der Waals surface area contributed by atoms with Crippen molar-refractivity contribution in [2.45, 2.75) is 13.0 Å². The van der Waals surface area contributed by atoms with Gasteiger partial charge in [-0.3, -0.25) is 0 Å². The third-order valence-corrected chi connectivity index (χ3v) is 3.70. The van der Waals surface area contributed by atoms with E-state index in [9.17, 15) is 0 Å². The zero-order valence-electron chi connectivity index (χ0n) is 13.6. The SMILES string of the molecule is c1ccc(CCOc2cccc(CNNc3ccccc3)c2)cc1. The molecule has 3 nitrogen and oxygen atoms in total. The second-order valence-corrected chi connectivity index (χ2v) is 5.58. The summed E-state index contributed by atoms with van der Waals surface area (Å²) in [5.74, 6) is 0.907. The maximum Gasteiger partial charge on any atom is 0.119 e. The van der Waals surface area contributed by atoms with Gasteiger partial charge in [-0.25, -0.2) is 5.43 Å². The highest BCUT2D eigenvalue weighted by molar-refractivity contribution is 5.41. The normalized spacial score (nSPS) is 10.3. The molecule has 0 amide bonds. The van der Waals surface area contributed by atoms with Crippen LogP contribution in [0.1, 0.15) is 11.1 Å². The smallest absolute Gasteiger partial charge is 0.119 e. The number of hydrogen-bond donors (Lipinski definition) is 2. The molecule has 0 heterocycles. The third-order valence-electron chi connectivity index (χ3n) is 3.70. The molecular formula is C21H22N2O. The summed E-state index contributed by atoms with van der Waals surface area (Å²) >= 11 is 0. The lowest BCUT2D eigenvalue weighted by Crippen LogP contribution is -2.20. The van der Waals surface area contributed by atoms with Gasteiger partial charge in [-0.05, 0) is 35.4 Å². The zero-order chi connectivity index (χ0) is 16.5. The lowest BCUT2D eigenvalue weighted by atomic mass is 10.2. The molecule has 0 saturated heterocycles. The molecule has 24 heavy (non-hydrogen) atoms. The van der Waals surface area contributed by atoms with Crippen molar-refractivity contribution in [3.8, 4) is 5.75 Å². The molecule has 0 aromatic heterocycles. The molecular weight excluding hydrogens is 296 g/mol. The molecule has 3 aromatic carbocycles. The predicted molar refractivity (Wildman–Crippen MR) is 99.0 cm³/mol. The van der Waals surface area contributed by atoms with Gasteiger partial charge in [0.1, 0.15) is 5.75 Å². The fourth-order valence-corrected chi connectivity index (χ4v) is 2.45. The van der Waals surface area contributed by atoms with Crippen molar-refractivity contribution in [1.29, 1.82) is 0 Å². The maximum atomic E-state index is 5.87. The fraction of sp³-hybridized carbons (Fsp3) is 0.143. The van der Waals surface area contributed by atoms with E-state index >= 15 is 0 Å². The van der Waals surface area contributed by atoms with E-state index in [1.165, 1.54) is 11.1 Å². The Morgan fingerprint density at radius 3 is 2.21 bits per heavy atom. The lowest BCUT2D eigenvalue weighted by molar-refractivity contribution is 0.321. The van der Waals surface area contributed by atoms with Gasteiger partial charge in [-0.2, -0.15) is 0 Å². The first-order valence-electron chi connectivity index (χ1n) is 8.20. The molecule has 0 radical (unpaired) electrons. The summed E-state index contributed by atoms with van der Waals surface area (Å²) in [4.78, 5) is 0. The molecule has 122 valence electrons. The van der Waals surface area contributed by atoms with Crippen LogP contribution in [0, 0.1) is 0 Å². The molecule has 0 fully saturated rings. The second-order valence-electron chi connectivity index (χ2n) is 5.58. The molecule has 3 aromatic rings. The second kappa shape index (κ2) is 8.75. The molecule has 0 aliphatic heterocycles. The third kappa shape index (κ3) is 5.14. The average Bonchev–Trinajstić information content (AvgIpc) is 2.64. The van der Waals surface area contributed by atoms with Crippen LogP contribution < -0.4 is 15.6 Å². The molecule has 0 bridgehead atoms. The minimum atomic E-state index is 0.684. The first-order chi connectivity index (χ1) is 11.9. The Hall–Kier alpha value is -2.78. The Kier molecular flexibility index (Phi) is 5.87. The van der Waals surface area contributed by atoms with E-state index in [1.807, 2.05) is 48.5 Å². The summed E-state index contributed by atoms with van der Waals surface area (Å²) in [6.45, 7) is 1.41. The van der Waals surface area contributed by atoms with Gasteiger partial charge < -0.3 is 10.2 Å². The number of benzene rings is 3. The number of hydrazine groups is 1. The van der Waals surface area contributed by atoms with E-state index in [0.717, 1.165) is 24.4 Å². The Balaban J connectivity index is 1.45. The molecule has 0 aliphatic carbocycles. The number of rotatable bonds is 8. The van der Waals surface area contributed by atoms with Crippen LogP contribution in [-0.4, -0.2) is 6.61 Å². The maximum absolute atomic E-state index is 5.87. The van der Waals surface area contributed by atoms with Crippen molar-refractivity contribution >= 4 is 5.69 Å². The van der Waals surface area contributed by atoms with Gasteiger partial charge in [0.15, 0.2) is 0 Å². The summed E-state index contributed by atoms with van der Waals surface area (Å²) in [5.41, 5.74) is 9.93. The van der Waals surface area contributed by atoms with E-state index in [4.69, 9.17) is 4.74 Å². The average molecular weight is 318 g/mol. The molecule has 0 atom stereocenters. The molecule has 3 heteroatoms. The van der Waals surface area contributed by atoms with Crippen molar-refractivity contribution in [2.75, 3.05) is 12.0 Å². The van der Waals surface area contributed by atoms with Crippen LogP contribution in [-0.2, 0) is 13.0 Å². The van der Waals surface area contributed by atoms with Crippen molar-refractivity contribution in [1.82, 2.24) is 5.43 Å². The van der Waals surface area contributed by atoms with Crippen LogP contribution in [0.2, 0.25) is 0 Å². The van der Waals surface area contributed by atoms with Crippen LogP contribution in [0.15, 0.2) is 84.9 Å². The molecule has 0 unspecified atom stereocenters. The van der Waals surface area contributed by atoms with Crippen molar-refractivity contribution in [2.24, 2.45) is 0 Å². The van der Waals surface area contributed by atoms with Gasteiger partial charge in [-0.1, -0.05) is 60.7 Å². The van der Waals surface area contributed by atoms with Crippen molar-refractivity contribution < 1.29 is 4.74 Å². The quantitative estimate of drug-likeness (QED) is 0.603. The molecule has 2 N–H and O–H groups in total. The van der Waals surface area contributed by atoms with Gasteiger partial charge >= 0.3 is 0 Å². The van der Waals surface area contributed by atoms with E-state index in [0.29, 0.717) is 6.61 Å². The Morgan fingerprint density at radius 1 is 0.708 bits per heavy atom. The minimum Gasteiger partial charge on any atom is -0.493 e. The highest BCUT2D eigenvalue weighted by Crippen LogP contribution is 2.14. The first-order valence-corrected chi connectivity index (χ1v) is 8.20. The highest BCUT2D eigenvalue weighted by Gasteiger charge is 1.98. The van der Waals surface area contributed by atoms with E-state index in [2.05, 4.69) is 47.2 Å². The number of para-hydroxylation sites is 1. The van der Waals surface area contributed by atoms with Crippen LogP contribution in [0.4, 0.5) is 5.69 Å². The van der Waals surface area contributed by atoms with E-state index < -0.39 is 0 Å². The zero-order valence-corrected chi connectivity index (χ0v) is 13.6. The van der Waals surface area contributed by atoms with Gasteiger partial charge in [0.2, 0.25) is 0 Å². The lowest BCUT2D eigenvalue weighted by Gasteiger charge is -2.10. The summed E-state index contributed by atoms with van der Waals surface area (Å²) in [6.07, 6.45) is 0.916. The van der Waals surface area contributed by atoms with Crippen molar-refractivity contribution in [3.63, 3.8) is 0 Å². The van der Waals surface area contributed by atoms with Gasteiger partial charge in [0.05, 0.1) is 6.61 Å². The number of nitrogens with one attached hydrogen (secondary N) is 2. The van der Waals surface area contributed by atoms with Crippen molar-refractivity contribution in [3.05, 3.63) is 96.1 Å². The van der Waals surface area contributed by atoms with E-state index in [-0.39, 0.29) is 0 Å². The largest absolute Gasteiger partial charge is 0.493 e. The fourth-order valence-electron chi connectivity index (χ4n) is 2.45. The Morgan fingerprint density at radius 2 is 1.42 bits per heavy atom. The Bertz CT molecular complexity index is 668. The first kappa shape index (κ1) is 16.1. The minimum absolute atomic E-state index is 0.684. The standard InChI is InChI=1S/C21H22N2O/c1-3-8-18(9-4-1)14-15-24-21-13-7-10-19(16-21)17-22-23-20-11-5-2-6-12-20/h1-13,16,22-23H,14-15,17H2. The summed E-state index contributed by atoms with van der Waals surface area (Å²) in [5, 5.41) is 0. The summed E-state index contributed by atoms with van der Waals surface area (Å²) < 4.78 is 5.87. The summed E-state index contributed by atoms with van der Waals surface area (Å²) in [7, 11) is 0. The molecule has 0 aliphatic rings. The van der Waals surface area contributed by atoms with Crippen LogP contribution in [0.5, 0.6) is 5.75 Å². The predicted octanol–water partition coefficient (Wildman–Crippen LogP) is 4.42. The van der Waals surface area contributed by atoms with Crippen LogP contribution in [0.25, 0.3) is 0 Å². The number of ether oxygens (including phenoxy) is 1. The van der Waals surface area contributed by atoms with Crippen LogP contribution >= 0.6 is 0 Å². The molecule has 3 rings (SSSR count).